The van der Waals surface area contributed by atoms with Crippen LogP contribution >= 0.6 is 0 Å². The lowest BCUT2D eigenvalue weighted by molar-refractivity contribution is 0.112. The second kappa shape index (κ2) is 4.72. The molecule has 0 aromatic heterocycles. The van der Waals surface area contributed by atoms with E-state index in [-0.39, 0.29) is 4.90 Å². The molecule has 92 valence electrons. The Hall–Kier alpha value is -1.98. The number of rotatable bonds is 3. The highest BCUT2D eigenvalue weighted by atomic mass is 32.2. The van der Waals surface area contributed by atoms with Crippen LogP contribution in [0.5, 0.6) is 0 Å². The quantitative estimate of drug-likeness (QED) is 0.681. The molecule has 0 heterocycles. The van der Waals surface area contributed by atoms with Crippen molar-refractivity contribution >= 4 is 16.4 Å². The van der Waals surface area contributed by atoms with Crippen molar-refractivity contribution in [1.82, 2.24) is 0 Å². The highest BCUT2D eigenvalue weighted by Gasteiger charge is 2.08. The summed E-state index contributed by atoms with van der Waals surface area (Å²) in [4.78, 5) is 10.5. The average molecular weight is 262 g/mol. The summed E-state index contributed by atoms with van der Waals surface area (Å²) in [6, 6.07) is 12.7. The summed E-state index contributed by atoms with van der Waals surface area (Å²) in [6.07, 6.45) is 0.746. The van der Waals surface area contributed by atoms with Gasteiger partial charge >= 0.3 is 0 Å². The van der Waals surface area contributed by atoms with Gasteiger partial charge in [0.1, 0.15) is 6.29 Å². The molecule has 18 heavy (non-hydrogen) atoms. The first-order valence-corrected chi connectivity index (χ1v) is 6.58. The predicted molar refractivity (Wildman–Crippen MR) is 67.1 cm³/mol. The monoisotopic (exact) mass is 262 g/mol. The van der Waals surface area contributed by atoms with Crippen molar-refractivity contribution in [2.75, 3.05) is 0 Å². The second-order valence-corrected chi connectivity index (χ2v) is 5.16. The summed E-state index contributed by atoms with van der Waals surface area (Å²) in [6.45, 7) is 0. The third-order valence-electron chi connectivity index (χ3n) is 2.51. The van der Waals surface area contributed by atoms with E-state index in [4.69, 9.17) is 4.55 Å². The van der Waals surface area contributed by atoms with Gasteiger partial charge in [-0.2, -0.15) is 8.42 Å². The van der Waals surface area contributed by atoms with Crippen LogP contribution in [0.25, 0.3) is 11.1 Å². The van der Waals surface area contributed by atoms with Crippen LogP contribution in [0, 0.1) is 0 Å². The van der Waals surface area contributed by atoms with Gasteiger partial charge in [-0.3, -0.25) is 9.35 Å². The van der Waals surface area contributed by atoms with E-state index in [1.54, 1.807) is 30.3 Å². The van der Waals surface area contributed by atoms with Gasteiger partial charge in [0.15, 0.2) is 0 Å². The Bertz CT molecular complexity index is 672. The Morgan fingerprint density at radius 3 is 2.17 bits per heavy atom. The number of benzene rings is 2. The molecule has 0 spiro atoms. The summed E-state index contributed by atoms with van der Waals surface area (Å²) in [5.41, 5.74) is 2.12. The molecule has 0 aliphatic rings. The number of hydrogen-bond donors (Lipinski definition) is 1. The highest BCUT2D eigenvalue weighted by molar-refractivity contribution is 7.85. The molecule has 0 radical (unpaired) electrons. The van der Waals surface area contributed by atoms with Gasteiger partial charge in [0.25, 0.3) is 10.1 Å². The minimum absolute atomic E-state index is 0.155. The zero-order valence-electron chi connectivity index (χ0n) is 9.28. The van der Waals surface area contributed by atoms with Crippen LogP contribution in [-0.4, -0.2) is 19.3 Å². The molecular weight excluding hydrogens is 252 g/mol. The van der Waals surface area contributed by atoms with Crippen LogP contribution in [0.2, 0.25) is 0 Å². The van der Waals surface area contributed by atoms with Gasteiger partial charge in [-0.25, -0.2) is 0 Å². The fraction of sp³-hybridized carbons (Fsp3) is 0. The van der Waals surface area contributed by atoms with E-state index in [0.717, 1.165) is 17.4 Å². The van der Waals surface area contributed by atoms with Gasteiger partial charge < -0.3 is 0 Å². The largest absolute Gasteiger partial charge is 0.298 e. The summed E-state index contributed by atoms with van der Waals surface area (Å²) >= 11 is 0. The minimum atomic E-state index is -4.17. The smallest absolute Gasteiger partial charge is 0.294 e. The third-order valence-corrected chi connectivity index (χ3v) is 3.38. The maximum absolute atomic E-state index is 10.9. The van der Waals surface area contributed by atoms with E-state index in [1.807, 2.05) is 6.07 Å². The molecule has 4 nitrogen and oxygen atoms in total. The molecule has 0 amide bonds. The van der Waals surface area contributed by atoms with Crippen molar-refractivity contribution in [3.05, 3.63) is 54.1 Å². The van der Waals surface area contributed by atoms with Gasteiger partial charge in [0, 0.05) is 5.56 Å². The van der Waals surface area contributed by atoms with E-state index < -0.39 is 10.1 Å². The Balaban J connectivity index is 2.43. The van der Waals surface area contributed by atoms with Crippen LogP contribution in [0.4, 0.5) is 0 Å². The van der Waals surface area contributed by atoms with Gasteiger partial charge in [-0.1, -0.05) is 30.3 Å². The summed E-state index contributed by atoms with van der Waals surface area (Å²) in [5, 5.41) is 0. The van der Waals surface area contributed by atoms with Crippen molar-refractivity contribution < 1.29 is 17.8 Å². The topological polar surface area (TPSA) is 71.4 Å². The molecule has 5 heteroatoms. The van der Waals surface area contributed by atoms with E-state index >= 15 is 0 Å². The lowest BCUT2D eigenvalue weighted by Crippen LogP contribution is -1.97. The molecule has 2 rings (SSSR count). The van der Waals surface area contributed by atoms with Crippen LogP contribution in [0.1, 0.15) is 10.4 Å². The van der Waals surface area contributed by atoms with Crippen molar-refractivity contribution in [3.8, 4) is 11.1 Å². The molecule has 0 aliphatic heterocycles. The molecular formula is C13H10O4S. The molecule has 0 fully saturated rings. The normalized spacial score (nSPS) is 11.2. The molecule has 0 saturated carbocycles. The Morgan fingerprint density at radius 2 is 1.61 bits per heavy atom. The van der Waals surface area contributed by atoms with E-state index in [0.29, 0.717) is 5.56 Å². The molecule has 0 bridgehead atoms. The summed E-state index contributed by atoms with van der Waals surface area (Å²) in [7, 11) is -4.17. The van der Waals surface area contributed by atoms with Crippen molar-refractivity contribution in [2.24, 2.45) is 0 Å². The van der Waals surface area contributed by atoms with Crippen LogP contribution < -0.4 is 0 Å². The number of aldehydes is 1. The predicted octanol–water partition coefficient (Wildman–Crippen LogP) is 2.41. The molecule has 0 unspecified atom stereocenters. The van der Waals surface area contributed by atoms with E-state index in [9.17, 15) is 13.2 Å². The van der Waals surface area contributed by atoms with E-state index in [1.165, 1.54) is 12.1 Å². The minimum Gasteiger partial charge on any atom is -0.298 e. The zero-order valence-corrected chi connectivity index (χ0v) is 10.1. The maximum atomic E-state index is 10.9. The fourth-order valence-corrected chi connectivity index (χ4v) is 2.09. The maximum Gasteiger partial charge on any atom is 0.294 e. The van der Waals surface area contributed by atoms with Gasteiger partial charge in [-0.05, 0) is 29.3 Å². The zero-order chi connectivity index (χ0) is 13.2. The van der Waals surface area contributed by atoms with Crippen molar-refractivity contribution in [3.63, 3.8) is 0 Å². The Labute approximate surface area is 105 Å². The highest BCUT2D eigenvalue weighted by Crippen LogP contribution is 2.21. The van der Waals surface area contributed by atoms with Crippen molar-refractivity contribution in [2.45, 2.75) is 4.90 Å². The first kappa shape index (κ1) is 12.5. The first-order chi connectivity index (χ1) is 8.50. The summed E-state index contributed by atoms with van der Waals surface area (Å²) < 4.78 is 30.6. The third kappa shape index (κ3) is 2.64. The van der Waals surface area contributed by atoms with Crippen LogP contribution in [0.15, 0.2) is 53.4 Å². The second-order valence-electron chi connectivity index (χ2n) is 3.74. The Morgan fingerprint density at radius 1 is 0.944 bits per heavy atom. The lowest BCUT2D eigenvalue weighted by Gasteiger charge is -2.03. The van der Waals surface area contributed by atoms with Gasteiger partial charge in [0.2, 0.25) is 0 Å². The SMILES string of the molecule is O=Cc1cccc(-c2ccc(S(=O)(=O)O)cc2)c1. The van der Waals surface area contributed by atoms with Gasteiger partial charge in [0.05, 0.1) is 4.90 Å². The molecule has 2 aromatic carbocycles. The fourth-order valence-electron chi connectivity index (χ4n) is 1.61. The van der Waals surface area contributed by atoms with Crippen LogP contribution in [-0.2, 0) is 10.1 Å². The lowest BCUT2D eigenvalue weighted by atomic mass is 10.0. The average Bonchev–Trinajstić information content (AvgIpc) is 2.38. The number of hydrogen-bond acceptors (Lipinski definition) is 3. The molecule has 0 saturated heterocycles. The molecule has 2 aromatic rings. The van der Waals surface area contributed by atoms with Gasteiger partial charge in [-0.15, -0.1) is 0 Å². The van der Waals surface area contributed by atoms with Crippen molar-refractivity contribution in [1.29, 1.82) is 0 Å². The van der Waals surface area contributed by atoms with Crippen LogP contribution in [0.3, 0.4) is 0 Å². The Kier molecular flexibility index (Phi) is 3.27. The first-order valence-electron chi connectivity index (χ1n) is 5.14. The molecule has 0 atom stereocenters. The van der Waals surface area contributed by atoms with E-state index in [2.05, 4.69) is 0 Å². The summed E-state index contributed by atoms with van der Waals surface area (Å²) in [5.74, 6) is 0. The number of carbonyl (C=O) groups excluding carboxylic acids is 1. The molecule has 1 N–H and O–H groups in total. The molecule has 0 aliphatic carbocycles. The number of carbonyl (C=O) groups is 1. The standard InChI is InChI=1S/C13H10O4S/c14-9-10-2-1-3-12(8-10)11-4-6-13(7-5-11)18(15,16)17/h1-9H,(H,15,16,17).